The maximum absolute atomic E-state index is 13.0. The molecule has 2 aromatic rings. The molecule has 0 saturated heterocycles. The van der Waals surface area contributed by atoms with Crippen LogP contribution in [-0.2, 0) is 0 Å². The molecular formula is C12H10ClFN2O. The summed E-state index contributed by atoms with van der Waals surface area (Å²) in [6, 6.07) is 5.84. The van der Waals surface area contributed by atoms with Crippen LogP contribution in [0.1, 0.15) is 5.56 Å². The van der Waals surface area contributed by atoms with Crippen LogP contribution in [0.4, 0.5) is 10.1 Å². The van der Waals surface area contributed by atoms with Gasteiger partial charge in [0.2, 0.25) is 5.88 Å². The Labute approximate surface area is 103 Å². The molecule has 1 aromatic carbocycles. The molecule has 0 spiro atoms. The number of anilines is 1. The average Bonchev–Trinajstić information content (AvgIpc) is 2.30. The number of rotatable bonds is 2. The number of aromatic nitrogens is 1. The molecule has 2 N–H and O–H groups in total. The molecular weight excluding hydrogens is 243 g/mol. The van der Waals surface area contributed by atoms with E-state index in [0.29, 0.717) is 11.4 Å². The summed E-state index contributed by atoms with van der Waals surface area (Å²) in [5, 5.41) is -0.00581. The zero-order valence-electron chi connectivity index (χ0n) is 9.08. The van der Waals surface area contributed by atoms with E-state index in [4.69, 9.17) is 22.1 Å². The number of nitrogens with two attached hydrogens (primary N) is 1. The van der Waals surface area contributed by atoms with E-state index >= 15 is 0 Å². The molecule has 0 radical (unpaired) electrons. The van der Waals surface area contributed by atoms with E-state index in [1.807, 2.05) is 6.92 Å². The lowest BCUT2D eigenvalue weighted by Gasteiger charge is -2.09. The van der Waals surface area contributed by atoms with Gasteiger partial charge in [-0.1, -0.05) is 11.6 Å². The fraction of sp³-hybridized carbons (Fsp3) is 0.0833. The standard InChI is InChI=1S/C12H10ClFN2O/c1-7-4-5-16-12(11(7)15)17-8-2-3-10(14)9(13)6-8/h2-6H,15H2,1H3. The van der Waals surface area contributed by atoms with Crippen molar-refractivity contribution in [2.75, 3.05) is 5.73 Å². The van der Waals surface area contributed by atoms with E-state index < -0.39 is 5.82 Å². The van der Waals surface area contributed by atoms with Crippen molar-refractivity contribution in [1.82, 2.24) is 4.98 Å². The second kappa shape index (κ2) is 4.59. The normalized spacial score (nSPS) is 10.3. The Balaban J connectivity index is 2.31. The topological polar surface area (TPSA) is 48.1 Å². The summed E-state index contributed by atoms with van der Waals surface area (Å²) < 4.78 is 18.4. The first-order chi connectivity index (χ1) is 8.08. The number of aryl methyl sites for hydroxylation is 1. The summed E-state index contributed by atoms with van der Waals surface area (Å²) in [6.07, 6.45) is 1.59. The molecule has 2 rings (SSSR count). The van der Waals surface area contributed by atoms with Gasteiger partial charge in [-0.05, 0) is 30.7 Å². The van der Waals surface area contributed by atoms with Gasteiger partial charge in [0, 0.05) is 12.3 Å². The molecule has 88 valence electrons. The molecule has 0 aliphatic heterocycles. The van der Waals surface area contributed by atoms with Gasteiger partial charge in [0.1, 0.15) is 11.6 Å². The van der Waals surface area contributed by atoms with Gasteiger partial charge in [-0.2, -0.15) is 0 Å². The zero-order valence-corrected chi connectivity index (χ0v) is 9.83. The SMILES string of the molecule is Cc1ccnc(Oc2ccc(F)c(Cl)c2)c1N. The summed E-state index contributed by atoms with van der Waals surface area (Å²) in [6.45, 7) is 1.85. The molecule has 0 amide bonds. The largest absolute Gasteiger partial charge is 0.437 e. The Bertz CT molecular complexity index is 560. The first kappa shape index (κ1) is 11.7. The highest BCUT2D eigenvalue weighted by Crippen LogP contribution is 2.29. The van der Waals surface area contributed by atoms with Crippen LogP contribution in [0.25, 0.3) is 0 Å². The zero-order chi connectivity index (χ0) is 12.4. The third kappa shape index (κ3) is 2.47. The Morgan fingerprint density at radius 2 is 2.12 bits per heavy atom. The molecule has 1 aromatic heterocycles. The summed E-state index contributed by atoms with van der Waals surface area (Å²) >= 11 is 5.64. The number of halogens is 2. The van der Waals surface area contributed by atoms with Crippen LogP contribution in [0.3, 0.4) is 0 Å². The van der Waals surface area contributed by atoms with Crippen LogP contribution < -0.4 is 10.5 Å². The molecule has 3 nitrogen and oxygen atoms in total. The number of nitrogen functional groups attached to an aromatic ring is 1. The van der Waals surface area contributed by atoms with Crippen molar-refractivity contribution in [2.24, 2.45) is 0 Å². The number of pyridine rings is 1. The summed E-state index contributed by atoms with van der Waals surface area (Å²) in [5.74, 6) is 0.179. The molecule has 0 unspecified atom stereocenters. The van der Waals surface area contributed by atoms with Crippen molar-refractivity contribution in [2.45, 2.75) is 6.92 Å². The molecule has 17 heavy (non-hydrogen) atoms. The van der Waals surface area contributed by atoms with Gasteiger partial charge in [0.05, 0.1) is 10.7 Å². The van der Waals surface area contributed by atoms with Gasteiger partial charge in [0.25, 0.3) is 0 Å². The predicted octanol–water partition coefficient (Wildman–Crippen LogP) is 3.56. The highest BCUT2D eigenvalue weighted by atomic mass is 35.5. The number of nitrogens with zero attached hydrogens (tertiary/aromatic N) is 1. The molecule has 0 aliphatic rings. The summed E-state index contributed by atoms with van der Waals surface area (Å²) in [4.78, 5) is 4.00. The molecule has 0 bridgehead atoms. The number of ether oxygens (including phenoxy) is 1. The minimum atomic E-state index is -0.496. The van der Waals surface area contributed by atoms with Gasteiger partial charge in [0.15, 0.2) is 0 Å². The van der Waals surface area contributed by atoms with Crippen LogP contribution >= 0.6 is 11.6 Å². The van der Waals surface area contributed by atoms with Crippen molar-refractivity contribution in [1.29, 1.82) is 0 Å². The Kier molecular flexibility index (Phi) is 3.15. The molecule has 0 fully saturated rings. The average molecular weight is 253 g/mol. The van der Waals surface area contributed by atoms with Gasteiger partial charge in [-0.3, -0.25) is 0 Å². The fourth-order valence-electron chi connectivity index (χ4n) is 1.28. The monoisotopic (exact) mass is 252 g/mol. The lowest BCUT2D eigenvalue weighted by Crippen LogP contribution is -1.97. The predicted molar refractivity (Wildman–Crippen MR) is 64.9 cm³/mol. The van der Waals surface area contributed by atoms with E-state index in [-0.39, 0.29) is 10.9 Å². The molecule has 1 heterocycles. The minimum absolute atomic E-state index is 0.00581. The van der Waals surface area contributed by atoms with E-state index in [1.165, 1.54) is 18.2 Å². The first-order valence-electron chi connectivity index (χ1n) is 4.92. The maximum Gasteiger partial charge on any atom is 0.242 e. The summed E-state index contributed by atoms with van der Waals surface area (Å²) in [7, 11) is 0. The van der Waals surface area contributed by atoms with E-state index in [0.717, 1.165) is 5.56 Å². The summed E-state index contributed by atoms with van der Waals surface area (Å²) in [5.41, 5.74) is 7.12. The third-order valence-corrected chi connectivity index (χ3v) is 2.57. The second-order valence-electron chi connectivity index (χ2n) is 3.52. The molecule has 0 saturated carbocycles. The first-order valence-corrected chi connectivity index (χ1v) is 5.29. The smallest absolute Gasteiger partial charge is 0.242 e. The number of benzene rings is 1. The van der Waals surface area contributed by atoms with E-state index in [9.17, 15) is 4.39 Å². The molecule has 0 aliphatic carbocycles. The van der Waals surface area contributed by atoms with E-state index in [2.05, 4.69) is 4.98 Å². The Morgan fingerprint density at radius 1 is 1.35 bits per heavy atom. The van der Waals surface area contributed by atoms with Crippen molar-refractivity contribution >= 4 is 17.3 Å². The van der Waals surface area contributed by atoms with E-state index in [1.54, 1.807) is 12.3 Å². The van der Waals surface area contributed by atoms with Gasteiger partial charge < -0.3 is 10.5 Å². The van der Waals surface area contributed by atoms with Crippen molar-refractivity contribution in [3.8, 4) is 11.6 Å². The van der Waals surface area contributed by atoms with Gasteiger partial charge in [-0.25, -0.2) is 9.37 Å². The van der Waals surface area contributed by atoms with Crippen molar-refractivity contribution in [3.63, 3.8) is 0 Å². The molecule has 0 atom stereocenters. The van der Waals surface area contributed by atoms with Crippen LogP contribution in [-0.4, -0.2) is 4.98 Å². The van der Waals surface area contributed by atoms with Gasteiger partial charge in [-0.15, -0.1) is 0 Å². The minimum Gasteiger partial charge on any atom is -0.437 e. The van der Waals surface area contributed by atoms with Crippen LogP contribution in [0.15, 0.2) is 30.5 Å². The fourth-order valence-corrected chi connectivity index (χ4v) is 1.45. The highest BCUT2D eigenvalue weighted by Gasteiger charge is 2.07. The lowest BCUT2D eigenvalue weighted by molar-refractivity contribution is 0.463. The van der Waals surface area contributed by atoms with Crippen LogP contribution in [0.5, 0.6) is 11.6 Å². The lowest BCUT2D eigenvalue weighted by atomic mass is 10.2. The number of hydrogen-bond donors (Lipinski definition) is 1. The second-order valence-corrected chi connectivity index (χ2v) is 3.93. The maximum atomic E-state index is 13.0. The highest BCUT2D eigenvalue weighted by molar-refractivity contribution is 6.30. The quantitative estimate of drug-likeness (QED) is 0.889. The Morgan fingerprint density at radius 3 is 2.82 bits per heavy atom. The number of hydrogen-bond acceptors (Lipinski definition) is 3. The van der Waals surface area contributed by atoms with Crippen LogP contribution in [0, 0.1) is 12.7 Å². The molecule has 5 heteroatoms. The third-order valence-electron chi connectivity index (χ3n) is 2.28. The van der Waals surface area contributed by atoms with Crippen LogP contribution in [0.2, 0.25) is 5.02 Å². The van der Waals surface area contributed by atoms with Crippen molar-refractivity contribution in [3.05, 3.63) is 46.9 Å². The van der Waals surface area contributed by atoms with Gasteiger partial charge >= 0.3 is 0 Å². The Hall–Kier alpha value is -1.81. The van der Waals surface area contributed by atoms with Crippen molar-refractivity contribution < 1.29 is 9.13 Å².